The van der Waals surface area contributed by atoms with Gasteiger partial charge in [-0.25, -0.2) is 0 Å². The summed E-state index contributed by atoms with van der Waals surface area (Å²) in [4.78, 5) is 14.8. The number of carbonyl (C=O) groups excluding carboxylic acids is 1. The summed E-state index contributed by atoms with van der Waals surface area (Å²) in [6.45, 7) is 8.94. The lowest BCUT2D eigenvalue weighted by Crippen LogP contribution is -2.51. The third kappa shape index (κ3) is 3.30. The van der Waals surface area contributed by atoms with Gasteiger partial charge < -0.3 is 10.2 Å². The van der Waals surface area contributed by atoms with Crippen molar-refractivity contribution < 1.29 is 4.79 Å². The van der Waals surface area contributed by atoms with Crippen LogP contribution >= 0.6 is 12.4 Å². The van der Waals surface area contributed by atoms with Gasteiger partial charge in [-0.05, 0) is 33.1 Å². The largest absolute Gasteiger partial charge is 0.336 e. The molecule has 0 bridgehead atoms. The molecule has 1 amide bonds. The summed E-state index contributed by atoms with van der Waals surface area (Å²) in [7, 11) is 0. The number of hydrogen-bond donors (Lipinski definition) is 1. The third-order valence-electron chi connectivity index (χ3n) is 4.69. The van der Waals surface area contributed by atoms with E-state index in [4.69, 9.17) is 0 Å². The van der Waals surface area contributed by atoms with E-state index in [-0.39, 0.29) is 18.3 Å². The number of nitrogens with zero attached hydrogens (tertiary/aromatic N) is 3. The molecule has 5 nitrogen and oxygen atoms in total. The van der Waals surface area contributed by atoms with Crippen molar-refractivity contribution in [3.8, 4) is 0 Å². The Hall–Kier alpha value is -1.07. The van der Waals surface area contributed by atoms with Gasteiger partial charge in [0, 0.05) is 37.6 Å². The molecule has 3 rings (SSSR count). The van der Waals surface area contributed by atoms with Crippen LogP contribution in [0.25, 0.3) is 0 Å². The van der Waals surface area contributed by atoms with E-state index in [1.54, 1.807) is 6.20 Å². The standard InChI is InChI=1S/C16H26N4O.ClH/c1-4-12(3)20-15(13-5-6-13)14(9-18-20)16(21)19-8-7-17-11(2)10-19;/h9,11-13,17H,4-8,10H2,1-3H3;1H/t11-,12?;/m1./s1. The molecule has 22 heavy (non-hydrogen) atoms. The van der Waals surface area contributed by atoms with E-state index in [1.165, 1.54) is 18.5 Å². The molecule has 2 fully saturated rings. The normalized spacial score (nSPS) is 23.0. The molecule has 6 heteroatoms. The lowest BCUT2D eigenvalue weighted by Gasteiger charge is -2.32. The maximum atomic E-state index is 12.9. The maximum Gasteiger partial charge on any atom is 0.257 e. The quantitative estimate of drug-likeness (QED) is 0.925. The SMILES string of the molecule is CCC(C)n1ncc(C(=O)N2CCN[C@H](C)C2)c1C1CC1.Cl. The number of hydrogen-bond acceptors (Lipinski definition) is 3. The monoisotopic (exact) mass is 326 g/mol. The molecule has 1 aromatic heterocycles. The first kappa shape index (κ1) is 17.3. The summed E-state index contributed by atoms with van der Waals surface area (Å²) in [6.07, 6.45) is 5.23. The van der Waals surface area contributed by atoms with Crippen LogP contribution in [0.5, 0.6) is 0 Å². The average molecular weight is 327 g/mol. The first-order valence-corrected chi connectivity index (χ1v) is 8.21. The predicted molar refractivity (Wildman–Crippen MR) is 89.8 cm³/mol. The molecule has 1 saturated carbocycles. The van der Waals surface area contributed by atoms with Gasteiger partial charge in [0.05, 0.1) is 17.5 Å². The Morgan fingerprint density at radius 2 is 2.23 bits per heavy atom. The maximum absolute atomic E-state index is 12.9. The van der Waals surface area contributed by atoms with Gasteiger partial charge in [0.2, 0.25) is 0 Å². The zero-order valence-corrected chi connectivity index (χ0v) is 14.5. The number of rotatable bonds is 4. The highest BCUT2D eigenvalue weighted by Crippen LogP contribution is 2.43. The predicted octanol–water partition coefficient (Wildman–Crippen LogP) is 2.59. The topological polar surface area (TPSA) is 50.2 Å². The zero-order chi connectivity index (χ0) is 15.0. The fraction of sp³-hybridized carbons (Fsp3) is 0.750. The summed E-state index contributed by atoms with van der Waals surface area (Å²) >= 11 is 0. The Kier molecular flexibility index (Phi) is 5.50. The third-order valence-corrected chi connectivity index (χ3v) is 4.69. The van der Waals surface area contributed by atoms with Crippen LogP contribution < -0.4 is 5.32 Å². The Bertz CT molecular complexity index is 526. The molecule has 124 valence electrons. The molecule has 2 heterocycles. The Balaban J connectivity index is 0.00000176. The van der Waals surface area contributed by atoms with Gasteiger partial charge in [0.1, 0.15) is 0 Å². The van der Waals surface area contributed by atoms with Gasteiger partial charge in [-0.2, -0.15) is 5.10 Å². The Morgan fingerprint density at radius 3 is 2.82 bits per heavy atom. The van der Waals surface area contributed by atoms with Crippen LogP contribution in [0.2, 0.25) is 0 Å². The summed E-state index contributed by atoms with van der Waals surface area (Å²) in [6, 6.07) is 0.737. The lowest BCUT2D eigenvalue weighted by atomic mass is 10.1. The molecule has 1 saturated heterocycles. The number of piperazine rings is 1. The number of halogens is 1. The molecule has 2 atom stereocenters. The Labute approximate surface area is 138 Å². The molecule has 0 radical (unpaired) electrons. The van der Waals surface area contributed by atoms with Crippen molar-refractivity contribution >= 4 is 18.3 Å². The second-order valence-corrected chi connectivity index (χ2v) is 6.53. The fourth-order valence-corrected chi connectivity index (χ4v) is 3.11. The van der Waals surface area contributed by atoms with Gasteiger partial charge in [0.15, 0.2) is 0 Å². The van der Waals surface area contributed by atoms with E-state index in [1.807, 2.05) is 4.90 Å². The first-order valence-electron chi connectivity index (χ1n) is 8.21. The minimum Gasteiger partial charge on any atom is -0.336 e. The lowest BCUT2D eigenvalue weighted by molar-refractivity contribution is 0.0707. The average Bonchev–Trinajstić information content (AvgIpc) is 3.24. The Morgan fingerprint density at radius 1 is 1.50 bits per heavy atom. The van der Waals surface area contributed by atoms with Crippen LogP contribution in [-0.4, -0.2) is 46.3 Å². The number of amides is 1. The van der Waals surface area contributed by atoms with Gasteiger partial charge in [-0.1, -0.05) is 6.92 Å². The molecule has 0 spiro atoms. The summed E-state index contributed by atoms with van der Waals surface area (Å²) in [5, 5.41) is 7.92. The van der Waals surface area contributed by atoms with Crippen LogP contribution in [0, 0.1) is 0 Å². The second-order valence-electron chi connectivity index (χ2n) is 6.53. The van der Waals surface area contributed by atoms with Crippen LogP contribution in [0.1, 0.15) is 68.0 Å². The minimum atomic E-state index is 0. The molecule has 1 aromatic rings. The highest BCUT2D eigenvalue weighted by molar-refractivity contribution is 5.95. The molecule has 0 aromatic carbocycles. The van der Waals surface area contributed by atoms with E-state index in [9.17, 15) is 4.79 Å². The molecule has 1 unspecified atom stereocenters. The summed E-state index contributed by atoms with van der Waals surface area (Å²) < 4.78 is 2.09. The number of aromatic nitrogens is 2. The van der Waals surface area contributed by atoms with Crippen molar-refractivity contribution in [1.82, 2.24) is 20.0 Å². The summed E-state index contributed by atoms with van der Waals surface area (Å²) in [5.41, 5.74) is 2.02. The van der Waals surface area contributed by atoms with Gasteiger partial charge >= 0.3 is 0 Å². The van der Waals surface area contributed by atoms with E-state index >= 15 is 0 Å². The number of carbonyl (C=O) groups is 1. The van der Waals surface area contributed by atoms with Gasteiger partial charge in [-0.3, -0.25) is 9.48 Å². The van der Waals surface area contributed by atoms with Crippen molar-refractivity contribution in [3.05, 3.63) is 17.5 Å². The molecular weight excluding hydrogens is 300 g/mol. The van der Waals surface area contributed by atoms with E-state index in [0.717, 1.165) is 31.6 Å². The van der Waals surface area contributed by atoms with Gasteiger partial charge in [0.25, 0.3) is 5.91 Å². The second kappa shape index (κ2) is 7.01. The number of nitrogens with one attached hydrogen (secondary N) is 1. The van der Waals surface area contributed by atoms with Crippen LogP contribution in [-0.2, 0) is 0 Å². The minimum absolute atomic E-state index is 0. The fourth-order valence-electron chi connectivity index (χ4n) is 3.11. The van der Waals surface area contributed by atoms with Crippen molar-refractivity contribution in [2.75, 3.05) is 19.6 Å². The smallest absolute Gasteiger partial charge is 0.257 e. The highest BCUT2D eigenvalue weighted by Gasteiger charge is 2.35. The van der Waals surface area contributed by atoms with Crippen LogP contribution in [0.15, 0.2) is 6.20 Å². The van der Waals surface area contributed by atoms with E-state index in [2.05, 4.69) is 35.9 Å². The molecule has 1 aliphatic heterocycles. The van der Waals surface area contributed by atoms with Crippen molar-refractivity contribution in [2.45, 2.75) is 58.0 Å². The van der Waals surface area contributed by atoms with Crippen molar-refractivity contribution in [1.29, 1.82) is 0 Å². The molecular formula is C16H27ClN4O. The highest BCUT2D eigenvalue weighted by atomic mass is 35.5. The van der Waals surface area contributed by atoms with E-state index < -0.39 is 0 Å². The summed E-state index contributed by atoms with van der Waals surface area (Å²) in [5.74, 6) is 0.709. The molecule has 1 aliphatic carbocycles. The molecule has 2 aliphatic rings. The van der Waals surface area contributed by atoms with Crippen molar-refractivity contribution in [2.24, 2.45) is 0 Å². The van der Waals surface area contributed by atoms with Crippen LogP contribution in [0.3, 0.4) is 0 Å². The van der Waals surface area contributed by atoms with Crippen LogP contribution in [0.4, 0.5) is 0 Å². The zero-order valence-electron chi connectivity index (χ0n) is 13.7. The van der Waals surface area contributed by atoms with Crippen molar-refractivity contribution in [3.63, 3.8) is 0 Å². The molecule has 1 N–H and O–H groups in total. The van der Waals surface area contributed by atoms with E-state index in [0.29, 0.717) is 18.0 Å². The first-order chi connectivity index (χ1) is 10.1. The van der Waals surface area contributed by atoms with Gasteiger partial charge in [-0.15, -0.1) is 12.4 Å².